The fourth-order valence-corrected chi connectivity index (χ4v) is 0.959. The van der Waals surface area contributed by atoms with Gasteiger partial charge in [0.05, 0.1) is 7.11 Å². The Balaban J connectivity index is 3.10. The summed E-state index contributed by atoms with van der Waals surface area (Å²) in [6.45, 7) is -0.252. The summed E-state index contributed by atoms with van der Waals surface area (Å²) in [6, 6.07) is 1.47. The summed E-state index contributed by atoms with van der Waals surface area (Å²) < 4.78 is 4.52. The Morgan fingerprint density at radius 3 is 3.07 bits per heavy atom. The van der Waals surface area contributed by atoms with Crippen LogP contribution in [0.3, 0.4) is 0 Å². The predicted octanol–water partition coefficient (Wildman–Crippen LogP) is -0.206. The van der Waals surface area contributed by atoms with Crippen LogP contribution in [0.2, 0.25) is 0 Å². The summed E-state index contributed by atoms with van der Waals surface area (Å²) in [7, 11) is 1.26. The van der Waals surface area contributed by atoms with Crippen molar-refractivity contribution in [3.05, 3.63) is 23.4 Å². The van der Waals surface area contributed by atoms with E-state index in [1.807, 2.05) is 0 Å². The van der Waals surface area contributed by atoms with Gasteiger partial charge in [-0.05, 0) is 6.07 Å². The average molecular weight is 206 g/mol. The van der Waals surface area contributed by atoms with Crippen molar-refractivity contribution in [3.8, 4) is 11.8 Å². The van der Waals surface area contributed by atoms with Crippen molar-refractivity contribution in [3.63, 3.8) is 0 Å². The van der Waals surface area contributed by atoms with Crippen LogP contribution < -0.4 is 5.73 Å². The zero-order valence-corrected chi connectivity index (χ0v) is 8.15. The molecule has 0 aromatic carbocycles. The summed E-state index contributed by atoms with van der Waals surface area (Å²) in [4.78, 5) is 15.0. The lowest BCUT2D eigenvalue weighted by Crippen LogP contribution is -2.07. The highest BCUT2D eigenvalue weighted by molar-refractivity contribution is 5.94. The molecule has 1 aromatic rings. The van der Waals surface area contributed by atoms with Crippen LogP contribution in [-0.2, 0) is 4.74 Å². The molecule has 0 aliphatic carbocycles. The van der Waals surface area contributed by atoms with Gasteiger partial charge in [0, 0.05) is 11.8 Å². The minimum absolute atomic E-state index is 0.0939. The molecule has 0 radical (unpaired) electrons. The van der Waals surface area contributed by atoms with Crippen molar-refractivity contribution < 1.29 is 14.6 Å². The molecule has 1 rings (SSSR count). The summed E-state index contributed by atoms with van der Waals surface area (Å²) >= 11 is 0. The molecule has 0 spiro atoms. The van der Waals surface area contributed by atoms with E-state index in [0.717, 1.165) is 0 Å². The van der Waals surface area contributed by atoms with Gasteiger partial charge in [-0.15, -0.1) is 0 Å². The Labute approximate surface area is 86.9 Å². The third kappa shape index (κ3) is 2.69. The Bertz CT molecular complexity index is 432. The Kier molecular flexibility index (Phi) is 3.66. The van der Waals surface area contributed by atoms with E-state index in [-0.39, 0.29) is 18.0 Å². The molecule has 0 saturated heterocycles. The number of esters is 1. The molecule has 3 N–H and O–H groups in total. The molecule has 0 bridgehead atoms. The molecule has 1 aromatic heterocycles. The third-order valence-electron chi connectivity index (χ3n) is 1.64. The van der Waals surface area contributed by atoms with Crippen LogP contribution >= 0.6 is 0 Å². The van der Waals surface area contributed by atoms with E-state index in [1.54, 1.807) is 0 Å². The predicted molar refractivity (Wildman–Crippen MR) is 54.0 cm³/mol. The quantitative estimate of drug-likeness (QED) is 0.490. The van der Waals surface area contributed by atoms with Gasteiger partial charge in [0.15, 0.2) is 0 Å². The topological polar surface area (TPSA) is 85.4 Å². The van der Waals surface area contributed by atoms with Crippen LogP contribution in [0, 0.1) is 11.8 Å². The highest BCUT2D eigenvalue weighted by Gasteiger charge is 2.10. The van der Waals surface area contributed by atoms with Crippen LogP contribution in [0.1, 0.15) is 15.9 Å². The van der Waals surface area contributed by atoms with Gasteiger partial charge in [0.2, 0.25) is 0 Å². The molecule has 0 unspecified atom stereocenters. The second-order valence-electron chi connectivity index (χ2n) is 2.61. The number of pyridine rings is 1. The Morgan fingerprint density at radius 2 is 2.47 bits per heavy atom. The first kappa shape index (κ1) is 11.0. The Hall–Kier alpha value is -2.06. The van der Waals surface area contributed by atoms with E-state index < -0.39 is 5.97 Å². The Morgan fingerprint density at radius 1 is 1.73 bits per heavy atom. The first-order chi connectivity index (χ1) is 7.19. The molecule has 0 aliphatic heterocycles. The molecule has 5 heteroatoms. The van der Waals surface area contributed by atoms with Crippen molar-refractivity contribution in [2.24, 2.45) is 0 Å². The van der Waals surface area contributed by atoms with Gasteiger partial charge in [-0.3, -0.25) is 0 Å². The third-order valence-corrected chi connectivity index (χ3v) is 1.64. The average Bonchev–Trinajstić information content (AvgIpc) is 2.27. The standard InChI is InChI=1S/C10H10N2O3/c1-15-10(14)8-5-7(3-2-4-13)6-12-9(8)11/h5-6,13H,4H2,1H3,(H2,11,12). The normalized spacial score (nSPS) is 8.93. The maximum absolute atomic E-state index is 11.2. The molecule has 0 aliphatic rings. The van der Waals surface area contributed by atoms with Crippen LogP contribution in [-0.4, -0.2) is 29.8 Å². The fourth-order valence-electron chi connectivity index (χ4n) is 0.959. The zero-order valence-electron chi connectivity index (χ0n) is 8.15. The van der Waals surface area contributed by atoms with Gasteiger partial charge in [-0.25, -0.2) is 9.78 Å². The number of anilines is 1. The van der Waals surface area contributed by atoms with Crippen molar-refractivity contribution in [1.29, 1.82) is 0 Å². The molecular formula is C10H10N2O3. The van der Waals surface area contributed by atoms with E-state index in [1.165, 1.54) is 19.4 Å². The van der Waals surface area contributed by atoms with Gasteiger partial charge in [0.1, 0.15) is 18.0 Å². The SMILES string of the molecule is COC(=O)c1cc(C#CCO)cnc1N. The molecule has 0 atom stereocenters. The molecule has 78 valence electrons. The summed E-state index contributed by atoms with van der Waals surface area (Å²) in [5.41, 5.74) is 6.15. The van der Waals surface area contributed by atoms with Crippen molar-refractivity contribution >= 4 is 11.8 Å². The molecule has 0 amide bonds. The van der Waals surface area contributed by atoms with Gasteiger partial charge in [-0.1, -0.05) is 11.8 Å². The van der Waals surface area contributed by atoms with Crippen LogP contribution in [0.25, 0.3) is 0 Å². The summed E-state index contributed by atoms with van der Waals surface area (Å²) in [6.07, 6.45) is 1.42. The molecule has 5 nitrogen and oxygen atoms in total. The number of aromatic nitrogens is 1. The maximum atomic E-state index is 11.2. The highest BCUT2D eigenvalue weighted by atomic mass is 16.5. The van der Waals surface area contributed by atoms with E-state index >= 15 is 0 Å². The van der Waals surface area contributed by atoms with Gasteiger partial charge in [0.25, 0.3) is 0 Å². The minimum Gasteiger partial charge on any atom is -0.465 e. The van der Waals surface area contributed by atoms with Gasteiger partial charge in [-0.2, -0.15) is 0 Å². The fraction of sp³-hybridized carbons (Fsp3) is 0.200. The summed E-state index contributed by atoms with van der Waals surface area (Å²) in [5.74, 6) is 4.59. The largest absolute Gasteiger partial charge is 0.465 e. The molecule has 0 saturated carbocycles. The molecule has 1 heterocycles. The lowest BCUT2D eigenvalue weighted by atomic mass is 10.2. The number of methoxy groups -OCH3 is 1. The molecule has 15 heavy (non-hydrogen) atoms. The van der Waals surface area contributed by atoms with E-state index in [2.05, 4.69) is 21.6 Å². The van der Waals surface area contributed by atoms with Crippen molar-refractivity contribution in [2.45, 2.75) is 0 Å². The maximum Gasteiger partial charge on any atom is 0.341 e. The van der Waals surface area contributed by atoms with E-state index in [9.17, 15) is 4.79 Å². The summed E-state index contributed by atoms with van der Waals surface area (Å²) in [5, 5.41) is 8.50. The van der Waals surface area contributed by atoms with Crippen LogP contribution in [0.4, 0.5) is 5.82 Å². The number of hydrogen-bond acceptors (Lipinski definition) is 5. The van der Waals surface area contributed by atoms with Crippen molar-refractivity contribution in [2.75, 3.05) is 19.5 Å². The van der Waals surface area contributed by atoms with Crippen molar-refractivity contribution in [1.82, 2.24) is 4.98 Å². The highest BCUT2D eigenvalue weighted by Crippen LogP contribution is 2.11. The number of hydrogen-bond donors (Lipinski definition) is 2. The second-order valence-corrected chi connectivity index (χ2v) is 2.61. The number of rotatable bonds is 1. The zero-order chi connectivity index (χ0) is 11.3. The second kappa shape index (κ2) is 4.98. The number of carbonyl (C=O) groups excluding carboxylic acids is 1. The minimum atomic E-state index is -0.562. The van der Waals surface area contributed by atoms with Crippen LogP contribution in [0.15, 0.2) is 12.3 Å². The smallest absolute Gasteiger partial charge is 0.341 e. The number of aliphatic hydroxyl groups excluding tert-OH is 1. The van der Waals surface area contributed by atoms with E-state index in [4.69, 9.17) is 10.8 Å². The number of nitrogen functional groups attached to an aromatic ring is 1. The number of nitrogens with zero attached hydrogens (tertiary/aromatic N) is 1. The monoisotopic (exact) mass is 206 g/mol. The van der Waals surface area contributed by atoms with Crippen LogP contribution in [0.5, 0.6) is 0 Å². The molecular weight excluding hydrogens is 196 g/mol. The lowest BCUT2D eigenvalue weighted by molar-refractivity contribution is 0.0601. The molecule has 0 fully saturated rings. The number of carbonyl (C=O) groups is 1. The first-order valence-corrected chi connectivity index (χ1v) is 4.12. The van der Waals surface area contributed by atoms with Gasteiger partial charge < -0.3 is 15.6 Å². The number of aliphatic hydroxyl groups is 1. The van der Waals surface area contributed by atoms with Gasteiger partial charge >= 0.3 is 5.97 Å². The first-order valence-electron chi connectivity index (χ1n) is 4.12. The number of nitrogens with two attached hydrogens (primary N) is 1. The van der Waals surface area contributed by atoms with E-state index in [0.29, 0.717) is 5.56 Å². The number of ether oxygens (including phenoxy) is 1. The lowest BCUT2D eigenvalue weighted by Gasteiger charge is -2.02.